The van der Waals surface area contributed by atoms with Gasteiger partial charge >= 0.3 is 5.97 Å². The van der Waals surface area contributed by atoms with Gasteiger partial charge in [0.15, 0.2) is 5.96 Å². The van der Waals surface area contributed by atoms with E-state index >= 15 is 0 Å². The maximum atomic E-state index is 12.2. The van der Waals surface area contributed by atoms with Gasteiger partial charge in [0, 0.05) is 37.6 Å². The Morgan fingerprint density at radius 3 is 2.73 bits per heavy atom. The van der Waals surface area contributed by atoms with Crippen molar-refractivity contribution in [2.75, 3.05) is 45.9 Å². The Kier molecular flexibility index (Phi) is 11.4. The van der Waals surface area contributed by atoms with Crippen LogP contribution in [0.4, 0.5) is 0 Å². The van der Waals surface area contributed by atoms with Gasteiger partial charge in [0.25, 0.3) is 0 Å². The molecule has 2 saturated heterocycles. The molecule has 0 aliphatic carbocycles. The van der Waals surface area contributed by atoms with Gasteiger partial charge in [-0.1, -0.05) is 6.07 Å². The Bertz CT molecular complexity index is 648. The number of piperidine rings is 2. The maximum Gasteiger partial charge on any atom is 0.310 e. The predicted octanol–water partition coefficient (Wildman–Crippen LogP) is 3.82. The number of ether oxygens (including phenoxy) is 1. The van der Waals surface area contributed by atoms with Gasteiger partial charge < -0.3 is 15.0 Å². The van der Waals surface area contributed by atoms with Gasteiger partial charge in [-0.05, 0) is 70.0 Å². The lowest BCUT2D eigenvalue weighted by Crippen LogP contribution is -2.48. The number of carbonyl (C=O) groups excluding carboxylic acids is 1. The third-order valence-electron chi connectivity index (χ3n) is 5.84. The van der Waals surface area contributed by atoms with Gasteiger partial charge in [-0.2, -0.15) is 0 Å². The molecule has 30 heavy (non-hydrogen) atoms. The molecule has 0 aromatic carbocycles. The third-order valence-corrected chi connectivity index (χ3v) is 6.70. The average Bonchev–Trinajstić information content (AvgIpc) is 3.25. The Balaban J connectivity index is 0.00000320. The van der Waals surface area contributed by atoms with E-state index in [0.29, 0.717) is 19.1 Å². The van der Waals surface area contributed by atoms with Crippen LogP contribution in [0.15, 0.2) is 22.5 Å². The summed E-state index contributed by atoms with van der Waals surface area (Å²) in [5, 5.41) is 5.60. The van der Waals surface area contributed by atoms with Crippen molar-refractivity contribution in [2.45, 2.75) is 46.1 Å². The van der Waals surface area contributed by atoms with E-state index in [1.165, 1.54) is 17.7 Å². The number of carbonyl (C=O) groups is 1. The predicted molar refractivity (Wildman–Crippen MR) is 135 cm³/mol. The normalized spacial score (nSPS) is 21.2. The van der Waals surface area contributed by atoms with Crippen molar-refractivity contribution in [1.29, 1.82) is 0 Å². The van der Waals surface area contributed by atoms with E-state index in [0.717, 1.165) is 58.1 Å². The SMILES string of the molecule is CCNC(=NCC1CCN(Cc2cccs2)CC1)N1CCCC(C(=O)OCC)C1.I. The lowest BCUT2D eigenvalue weighted by Gasteiger charge is -2.35. The van der Waals surface area contributed by atoms with Crippen molar-refractivity contribution in [3.8, 4) is 0 Å². The van der Waals surface area contributed by atoms with E-state index in [1.54, 1.807) is 0 Å². The van der Waals surface area contributed by atoms with E-state index in [-0.39, 0.29) is 35.9 Å². The summed E-state index contributed by atoms with van der Waals surface area (Å²) < 4.78 is 5.24. The monoisotopic (exact) mass is 548 g/mol. The zero-order chi connectivity index (χ0) is 20.5. The van der Waals surface area contributed by atoms with Crippen LogP contribution in [0.3, 0.4) is 0 Å². The van der Waals surface area contributed by atoms with E-state index in [1.807, 2.05) is 18.3 Å². The molecule has 2 aliphatic heterocycles. The Morgan fingerprint density at radius 2 is 2.07 bits per heavy atom. The number of halogens is 1. The quantitative estimate of drug-likeness (QED) is 0.243. The summed E-state index contributed by atoms with van der Waals surface area (Å²) >= 11 is 1.85. The Labute approximate surface area is 202 Å². The second-order valence-electron chi connectivity index (χ2n) is 8.03. The highest BCUT2D eigenvalue weighted by atomic mass is 127. The molecule has 3 rings (SSSR count). The van der Waals surface area contributed by atoms with E-state index in [4.69, 9.17) is 9.73 Å². The zero-order valence-electron chi connectivity index (χ0n) is 18.3. The molecule has 1 atom stereocenters. The zero-order valence-corrected chi connectivity index (χ0v) is 21.5. The summed E-state index contributed by atoms with van der Waals surface area (Å²) in [4.78, 5) is 23.4. The second kappa shape index (κ2) is 13.5. The first-order chi connectivity index (χ1) is 14.2. The highest BCUT2D eigenvalue weighted by Crippen LogP contribution is 2.22. The fourth-order valence-electron chi connectivity index (χ4n) is 4.21. The van der Waals surface area contributed by atoms with Gasteiger partial charge in [-0.25, -0.2) is 0 Å². The number of nitrogens with zero attached hydrogens (tertiary/aromatic N) is 3. The molecule has 2 fully saturated rings. The lowest BCUT2D eigenvalue weighted by molar-refractivity contribution is -0.149. The Hall–Kier alpha value is -0.870. The van der Waals surface area contributed by atoms with E-state index in [9.17, 15) is 4.79 Å². The maximum absolute atomic E-state index is 12.2. The molecule has 0 saturated carbocycles. The van der Waals surface area contributed by atoms with Gasteiger partial charge in [0.1, 0.15) is 0 Å². The number of guanidine groups is 1. The first kappa shape index (κ1) is 25.4. The van der Waals surface area contributed by atoms with Gasteiger partial charge in [-0.3, -0.25) is 14.7 Å². The first-order valence-corrected chi connectivity index (χ1v) is 12.0. The van der Waals surface area contributed by atoms with Gasteiger partial charge in [0.05, 0.1) is 12.5 Å². The summed E-state index contributed by atoms with van der Waals surface area (Å²) in [6.07, 6.45) is 4.34. The number of aliphatic imine (C=N–C) groups is 1. The third kappa shape index (κ3) is 7.67. The minimum Gasteiger partial charge on any atom is -0.466 e. The van der Waals surface area contributed by atoms with Crippen LogP contribution in [0, 0.1) is 11.8 Å². The highest BCUT2D eigenvalue weighted by Gasteiger charge is 2.28. The van der Waals surface area contributed by atoms with E-state index in [2.05, 4.69) is 39.6 Å². The number of likely N-dealkylation sites (tertiary alicyclic amines) is 2. The average molecular weight is 549 g/mol. The van der Waals surface area contributed by atoms with Crippen LogP contribution in [0.2, 0.25) is 0 Å². The molecule has 1 aromatic rings. The van der Waals surface area contributed by atoms with Crippen molar-refractivity contribution in [3.05, 3.63) is 22.4 Å². The molecular formula is C22H37IN4O2S. The molecule has 0 bridgehead atoms. The number of hydrogen-bond donors (Lipinski definition) is 1. The van der Waals surface area contributed by atoms with Crippen LogP contribution in [0.25, 0.3) is 0 Å². The molecule has 1 aromatic heterocycles. The van der Waals surface area contributed by atoms with Crippen LogP contribution in [-0.4, -0.2) is 67.6 Å². The molecular weight excluding hydrogens is 511 g/mol. The van der Waals surface area contributed by atoms with Gasteiger partial charge in [0.2, 0.25) is 0 Å². The van der Waals surface area contributed by atoms with Gasteiger partial charge in [-0.15, -0.1) is 35.3 Å². The number of thiophene rings is 1. The smallest absolute Gasteiger partial charge is 0.310 e. The topological polar surface area (TPSA) is 57.2 Å². The minimum atomic E-state index is -0.0637. The Morgan fingerprint density at radius 1 is 1.27 bits per heavy atom. The number of nitrogens with one attached hydrogen (secondary N) is 1. The second-order valence-corrected chi connectivity index (χ2v) is 9.06. The standard InChI is InChI=1S/C22H36N4O2S.HI/c1-3-23-22(26-11-5-7-19(16-26)21(27)28-4-2)24-15-18-9-12-25(13-10-18)17-20-8-6-14-29-20;/h6,8,14,18-19H,3-5,7,9-13,15-17H2,1-2H3,(H,23,24);1H. The van der Waals surface area contributed by atoms with Crippen molar-refractivity contribution in [1.82, 2.24) is 15.1 Å². The molecule has 6 nitrogen and oxygen atoms in total. The molecule has 0 radical (unpaired) electrons. The number of esters is 1. The lowest BCUT2D eigenvalue weighted by atomic mass is 9.97. The fourth-order valence-corrected chi connectivity index (χ4v) is 4.96. The molecule has 3 heterocycles. The molecule has 170 valence electrons. The van der Waals surface area contributed by atoms with Crippen LogP contribution >= 0.6 is 35.3 Å². The molecule has 2 aliphatic rings. The molecule has 1 unspecified atom stereocenters. The highest BCUT2D eigenvalue weighted by molar-refractivity contribution is 14.0. The summed E-state index contributed by atoms with van der Waals surface area (Å²) in [5.41, 5.74) is 0. The molecule has 8 heteroatoms. The molecule has 1 N–H and O–H groups in total. The first-order valence-electron chi connectivity index (χ1n) is 11.1. The minimum absolute atomic E-state index is 0. The largest absolute Gasteiger partial charge is 0.466 e. The molecule has 0 spiro atoms. The number of hydrogen-bond acceptors (Lipinski definition) is 5. The summed E-state index contributed by atoms with van der Waals surface area (Å²) in [7, 11) is 0. The summed E-state index contributed by atoms with van der Waals surface area (Å²) in [6, 6.07) is 4.36. The number of rotatable bonds is 7. The van der Waals surface area contributed by atoms with Crippen molar-refractivity contribution < 1.29 is 9.53 Å². The van der Waals surface area contributed by atoms with Crippen LogP contribution < -0.4 is 5.32 Å². The fraction of sp³-hybridized carbons (Fsp3) is 0.727. The van der Waals surface area contributed by atoms with Crippen molar-refractivity contribution in [2.24, 2.45) is 16.8 Å². The summed E-state index contributed by atoms with van der Waals surface area (Å²) in [5.74, 6) is 1.51. The van der Waals surface area contributed by atoms with Crippen molar-refractivity contribution in [3.63, 3.8) is 0 Å². The summed E-state index contributed by atoms with van der Waals surface area (Å²) in [6.45, 7) is 11.2. The van der Waals surface area contributed by atoms with E-state index < -0.39 is 0 Å². The van der Waals surface area contributed by atoms with Crippen LogP contribution in [0.1, 0.15) is 44.4 Å². The van der Waals surface area contributed by atoms with Crippen molar-refractivity contribution >= 4 is 47.2 Å². The van der Waals surface area contributed by atoms with Crippen LogP contribution in [0.5, 0.6) is 0 Å². The molecule has 0 amide bonds. The van der Waals surface area contributed by atoms with Crippen LogP contribution in [-0.2, 0) is 16.1 Å².